The highest BCUT2D eigenvalue weighted by Crippen LogP contribution is 2.32. The van der Waals surface area contributed by atoms with Crippen LogP contribution < -0.4 is 10.2 Å². The number of anilines is 1. The first-order valence-corrected chi connectivity index (χ1v) is 11.3. The third-order valence-corrected chi connectivity index (χ3v) is 6.14. The van der Waals surface area contributed by atoms with Gasteiger partial charge in [-0.2, -0.15) is 0 Å². The van der Waals surface area contributed by atoms with E-state index < -0.39 is 0 Å². The quantitative estimate of drug-likeness (QED) is 0.444. The van der Waals surface area contributed by atoms with Crippen molar-refractivity contribution in [3.05, 3.63) is 76.4 Å². The summed E-state index contributed by atoms with van der Waals surface area (Å²) in [6.07, 6.45) is 1.71. The molecule has 0 unspecified atom stereocenters. The highest BCUT2D eigenvalue weighted by atomic mass is 35.5. The molecule has 4 rings (SSSR count). The minimum atomic E-state index is -0.195. The molecule has 1 aliphatic rings. The van der Waals surface area contributed by atoms with Crippen molar-refractivity contribution in [2.75, 3.05) is 18.0 Å². The molecule has 1 saturated heterocycles. The molecule has 1 amide bonds. The fourth-order valence-electron chi connectivity index (χ4n) is 3.29. The summed E-state index contributed by atoms with van der Waals surface area (Å²) >= 11 is 7.53. The Morgan fingerprint density at radius 1 is 1.06 bits per heavy atom. The zero-order chi connectivity index (χ0) is 21.8. The summed E-state index contributed by atoms with van der Waals surface area (Å²) in [5, 5.41) is 3.97. The summed E-state index contributed by atoms with van der Waals surface area (Å²) in [6, 6.07) is 19.1. The topological polar surface area (TPSA) is 57.8 Å². The summed E-state index contributed by atoms with van der Waals surface area (Å²) < 4.78 is 5.87. The largest absolute Gasteiger partial charge is 0.457 e. The van der Waals surface area contributed by atoms with Crippen LogP contribution in [0.25, 0.3) is 17.4 Å². The van der Waals surface area contributed by atoms with E-state index in [0.717, 1.165) is 30.0 Å². The summed E-state index contributed by atoms with van der Waals surface area (Å²) in [6.45, 7) is 6.17. The Morgan fingerprint density at radius 3 is 2.52 bits per heavy atom. The van der Waals surface area contributed by atoms with Gasteiger partial charge in [-0.15, -0.1) is 0 Å². The molecule has 31 heavy (non-hydrogen) atoms. The lowest BCUT2D eigenvalue weighted by atomic mass is 10.2. The van der Waals surface area contributed by atoms with Crippen molar-refractivity contribution < 1.29 is 9.21 Å². The summed E-state index contributed by atoms with van der Waals surface area (Å²) in [5.41, 5.74) is 2.76. The van der Waals surface area contributed by atoms with E-state index in [0.29, 0.717) is 26.6 Å². The van der Waals surface area contributed by atoms with Crippen LogP contribution in [0.5, 0.6) is 0 Å². The Balaban J connectivity index is 1.49. The molecule has 7 heteroatoms. The number of carbonyl (C=O) groups is 1. The second kappa shape index (κ2) is 9.45. The average molecular weight is 452 g/mol. The maximum absolute atomic E-state index is 12.4. The number of nitrogens with zero attached hydrogens (tertiary/aromatic N) is 2. The van der Waals surface area contributed by atoms with Crippen LogP contribution in [0.2, 0.25) is 5.02 Å². The van der Waals surface area contributed by atoms with Crippen LogP contribution in [0.3, 0.4) is 0 Å². The molecule has 1 aromatic heterocycles. The first kappa shape index (κ1) is 21.3. The minimum Gasteiger partial charge on any atom is -0.457 e. The van der Waals surface area contributed by atoms with E-state index in [4.69, 9.17) is 16.0 Å². The van der Waals surface area contributed by atoms with Gasteiger partial charge in [-0.25, -0.2) is 4.99 Å². The fourth-order valence-corrected chi connectivity index (χ4v) is 4.34. The molecule has 3 aromatic rings. The maximum atomic E-state index is 12.4. The van der Waals surface area contributed by atoms with E-state index in [9.17, 15) is 4.79 Å². The predicted octanol–water partition coefficient (Wildman–Crippen LogP) is 6.34. The molecule has 0 radical (unpaired) electrons. The molecule has 5 nitrogen and oxygen atoms in total. The van der Waals surface area contributed by atoms with Gasteiger partial charge in [0.1, 0.15) is 11.5 Å². The number of thioether (sulfide) groups is 1. The predicted molar refractivity (Wildman–Crippen MR) is 130 cm³/mol. The van der Waals surface area contributed by atoms with Crippen LogP contribution in [-0.2, 0) is 4.79 Å². The molecule has 0 atom stereocenters. The lowest BCUT2D eigenvalue weighted by molar-refractivity contribution is -0.115. The van der Waals surface area contributed by atoms with Crippen LogP contribution in [0, 0.1) is 0 Å². The number of amidine groups is 1. The molecule has 1 aliphatic heterocycles. The Morgan fingerprint density at radius 2 is 1.81 bits per heavy atom. The number of rotatable bonds is 6. The van der Waals surface area contributed by atoms with E-state index in [1.807, 2.05) is 60.7 Å². The zero-order valence-electron chi connectivity index (χ0n) is 17.3. The third kappa shape index (κ3) is 4.86. The maximum Gasteiger partial charge on any atom is 0.264 e. The molecule has 158 valence electrons. The van der Waals surface area contributed by atoms with E-state index >= 15 is 0 Å². The Labute approximate surface area is 190 Å². The SMILES string of the molecule is CCN(CC)c1ccc(N=C2NC(=O)C(=Cc3ccc(-c4ccccc4Cl)o3)S2)cc1. The van der Waals surface area contributed by atoms with Gasteiger partial charge < -0.3 is 14.6 Å². The molecule has 2 heterocycles. The molecule has 0 bridgehead atoms. The van der Waals surface area contributed by atoms with Gasteiger partial charge in [0.2, 0.25) is 0 Å². The van der Waals surface area contributed by atoms with Crippen LogP contribution in [0.4, 0.5) is 11.4 Å². The van der Waals surface area contributed by atoms with Gasteiger partial charge in [0, 0.05) is 30.4 Å². The van der Waals surface area contributed by atoms with Crippen molar-refractivity contribution in [2.24, 2.45) is 4.99 Å². The van der Waals surface area contributed by atoms with Crippen molar-refractivity contribution in [3.63, 3.8) is 0 Å². The third-order valence-electron chi connectivity index (χ3n) is 4.90. The summed E-state index contributed by atoms with van der Waals surface area (Å²) in [7, 11) is 0. The van der Waals surface area contributed by atoms with Gasteiger partial charge in [0.25, 0.3) is 5.91 Å². The monoisotopic (exact) mass is 451 g/mol. The number of hydrogen-bond donors (Lipinski definition) is 1. The highest BCUT2D eigenvalue weighted by Gasteiger charge is 2.24. The van der Waals surface area contributed by atoms with Crippen molar-refractivity contribution >= 4 is 51.9 Å². The molecule has 1 N–H and O–H groups in total. The first-order chi connectivity index (χ1) is 15.1. The lowest BCUT2D eigenvalue weighted by Gasteiger charge is -2.20. The molecule has 0 aliphatic carbocycles. The van der Waals surface area contributed by atoms with Gasteiger partial charge in [0.05, 0.1) is 15.6 Å². The number of hydrogen-bond acceptors (Lipinski definition) is 5. The Kier molecular flexibility index (Phi) is 6.49. The van der Waals surface area contributed by atoms with E-state index in [1.54, 1.807) is 6.08 Å². The number of amides is 1. The van der Waals surface area contributed by atoms with Crippen molar-refractivity contribution in [1.29, 1.82) is 0 Å². The number of nitrogens with one attached hydrogen (secondary N) is 1. The van der Waals surface area contributed by atoms with Crippen LogP contribution in [-0.4, -0.2) is 24.2 Å². The Hall–Kier alpha value is -2.96. The van der Waals surface area contributed by atoms with E-state index in [-0.39, 0.29) is 5.91 Å². The first-order valence-electron chi connectivity index (χ1n) is 10.1. The van der Waals surface area contributed by atoms with Gasteiger partial charge in [-0.1, -0.05) is 23.7 Å². The second-order valence-electron chi connectivity index (χ2n) is 6.85. The number of carbonyl (C=O) groups excluding carboxylic acids is 1. The summed E-state index contributed by atoms with van der Waals surface area (Å²) in [5.74, 6) is 1.04. The van der Waals surface area contributed by atoms with Gasteiger partial charge >= 0.3 is 0 Å². The van der Waals surface area contributed by atoms with E-state index in [1.165, 1.54) is 11.8 Å². The number of furan rings is 1. The molecule has 0 saturated carbocycles. The normalized spacial score (nSPS) is 16.2. The standard InChI is InChI=1S/C24H22ClN3O2S/c1-3-28(4-2)17-11-9-16(10-12-17)26-24-27-23(29)22(31-24)15-18-13-14-21(30-18)19-7-5-6-8-20(19)25/h5-15H,3-4H2,1-2H3,(H,26,27,29). The van der Waals surface area contributed by atoms with Crippen molar-refractivity contribution in [1.82, 2.24) is 5.32 Å². The zero-order valence-corrected chi connectivity index (χ0v) is 18.8. The van der Waals surface area contributed by atoms with Gasteiger partial charge in [0.15, 0.2) is 5.17 Å². The number of benzene rings is 2. The fraction of sp³-hybridized carbons (Fsp3) is 0.167. The average Bonchev–Trinajstić information content (AvgIpc) is 3.37. The minimum absolute atomic E-state index is 0.195. The van der Waals surface area contributed by atoms with Crippen LogP contribution in [0.15, 0.2) is 75.0 Å². The smallest absolute Gasteiger partial charge is 0.264 e. The lowest BCUT2D eigenvalue weighted by Crippen LogP contribution is -2.21. The molecular formula is C24H22ClN3O2S. The van der Waals surface area contributed by atoms with E-state index in [2.05, 4.69) is 29.1 Å². The second-order valence-corrected chi connectivity index (χ2v) is 8.29. The van der Waals surface area contributed by atoms with Gasteiger partial charge in [-0.3, -0.25) is 4.79 Å². The number of aliphatic imine (C=N–C) groups is 1. The highest BCUT2D eigenvalue weighted by molar-refractivity contribution is 8.18. The molecule has 0 spiro atoms. The molecule has 1 fully saturated rings. The summed E-state index contributed by atoms with van der Waals surface area (Å²) in [4.78, 5) is 19.7. The Bertz CT molecular complexity index is 1150. The van der Waals surface area contributed by atoms with Crippen LogP contribution >= 0.6 is 23.4 Å². The molecular weight excluding hydrogens is 430 g/mol. The number of halogens is 1. The van der Waals surface area contributed by atoms with Crippen LogP contribution in [0.1, 0.15) is 19.6 Å². The van der Waals surface area contributed by atoms with Gasteiger partial charge in [-0.05, 0) is 74.1 Å². The molecule has 2 aromatic carbocycles. The van der Waals surface area contributed by atoms with Crippen molar-refractivity contribution in [3.8, 4) is 11.3 Å². The van der Waals surface area contributed by atoms with Crippen molar-refractivity contribution in [2.45, 2.75) is 13.8 Å².